The van der Waals surface area contributed by atoms with E-state index in [2.05, 4.69) is 280 Å². The molecule has 6 saturated heterocycles. The fourth-order valence-electron chi connectivity index (χ4n) is 14.6. The fraction of sp³-hybridized carbons (Fsp3) is 0.970. The van der Waals surface area contributed by atoms with Gasteiger partial charge in [0.2, 0.25) is 17.7 Å². The molecule has 738 valence electrons. The standard InChI is InChI=1S/C17H35N3O2.C17H37N3O.C17H37N3.C17H34N2O2.C17H36N2.C16H32N2O3/c1-14(13-22-17(5,6)7)20-10-8-19(9-11-20)12-15(21)18-16(2,3)4;1-16(2,3)18-8-11-19-9-7-10-20(13-12-19)14-15-21-17(4,5)6;1-16(2,3)8-7-10-19-12-14-20(15-13-19)11-9-18-17(4,5)6;1-16(2,3)8-7-15(20)19-11-9-18(10-12-19)13-14-21-17(4,5)6;1-16(2,3)8-12-18-10-7-11-19(15-14-18)13-9-17(4,5)6;1-15(2,3)20-12-11-17-7-9-18(10-8-17)14(19)13-21-16(4,5)6/h14H,8-13H2,1-7H3,(H,18,21);18H,7-15H2,1-6H3;18H,7-15H2,1-6H3;7-14H2,1-6H3;7-15H2,1-6H3;7-13H2,1-6H3. The van der Waals surface area contributed by atoms with Crippen molar-refractivity contribution in [3.63, 3.8) is 0 Å². The van der Waals surface area contributed by atoms with E-state index in [1.54, 1.807) is 0 Å². The second-order valence-corrected chi connectivity index (χ2v) is 49.6. The van der Waals surface area contributed by atoms with E-state index in [9.17, 15) is 14.4 Å². The first-order valence-corrected chi connectivity index (χ1v) is 49.4. The molecule has 23 nitrogen and oxygen atoms in total. The third-order valence-corrected chi connectivity index (χ3v) is 22.4. The molecule has 1 unspecified atom stereocenters. The van der Waals surface area contributed by atoms with Gasteiger partial charge in [-0.15, -0.1) is 0 Å². The number of hydrogen-bond acceptors (Lipinski definition) is 20. The average molecular weight is 1760 g/mol. The first-order chi connectivity index (χ1) is 56.6. The Kier molecular flexibility index (Phi) is 55.4. The highest BCUT2D eigenvalue weighted by atomic mass is 16.5. The zero-order valence-electron chi connectivity index (χ0n) is 89.2. The molecule has 0 aliphatic carbocycles. The molecule has 3 amide bonds. The summed E-state index contributed by atoms with van der Waals surface area (Å²) in [4.78, 5) is 65.2. The van der Waals surface area contributed by atoms with Crippen molar-refractivity contribution >= 4 is 17.7 Å². The van der Waals surface area contributed by atoms with Crippen LogP contribution in [-0.4, -0.2) is 389 Å². The van der Waals surface area contributed by atoms with Crippen LogP contribution < -0.4 is 16.0 Å². The van der Waals surface area contributed by atoms with Crippen molar-refractivity contribution in [2.45, 2.75) is 358 Å². The number of nitrogens with zero attached hydrogens (tertiary/aromatic N) is 12. The monoisotopic (exact) mass is 1760 g/mol. The minimum absolute atomic E-state index is 0.0174. The predicted octanol–water partition coefficient (Wildman–Crippen LogP) is 15.1. The van der Waals surface area contributed by atoms with Gasteiger partial charge in [-0.1, -0.05) is 83.1 Å². The Morgan fingerprint density at radius 2 is 0.581 bits per heavy atom. The smallest absolute Gasteiger partial charge is 0.248 e. The molecule has 0 aromatic carbocycles. The van der Waals surface area contributed by atoms with Gasteiger partial charge in [-0.3, -0.25) is 43.8 Å². The summed E-state index contributed by atoms with van der Waals surface area (Å²) < 4.78 is 28.8. The highest BCUT2D eigenvalue weighted by Gasteiger charge is 2.30. The van der Waals surface area contributed by atoms with Crippen LogP contribution in [0.5, 0.6) is 0 Å². The molecule has 0 spiro atoms. The van der Waals surface area contributed by atoms with Crippen LogP contribution in [0.4, 0.5) is 0 Å². The summed E-state index contributed by atoms with van der Waals surface area (Å²) >= 11 is 0. The van der Waals surface area contributed by atoms with Crippen molar-refractivity contribution in [2.24, 2.45) is 21.7 Å². The first kappa shape index (κ1) is 120. The lowest BCUT2D eigenvalue weighted by molar-refractivity contribution is -0.143. The maximum atomic E-state index is 12.2. The largest absolute Gasteiger partial charge is 0.375 e. The van der Waals surface area contributed by atoms with Crippen LogP contribution in [0.2, 0.25) is 0 Å². The average Bonchev–Trinajstić information content (AvgIpc) is 0.930. The van der Waals surface area contributed by atoms with Gasteiger partial charge >= 0.3 is 0 Å². The molecule has 6 aliphatic rings. The van der Waals surface area contributed by atoms with Crippen molar-refractivity contribution < 1.29 is 38.1 Å². The lowest BCUT2D eigenvalue weighted by Crippen LogP contribution is -2.54. The zero-order chi connectivity index (χ0) is 94.8. The summed E-state index contributed by atoms with van der Waals surface area (Å²) in [7, 11) is 0. The van der Waals surface area contributed by atoms with Crippen molar-refractivity contribution in [3.05, 3.63) is 0 Å². The molecule has 1 atom stereocenters. The summed E-state index contributed by atoms with van der Waals surface area (Å²) in [5, 5.41) is 10.2. The van der Waals surface area contributed by atoms with E-state index in [-0.39, 0.29) is 68.5 Å². The summed E-state index contributed by atoms with van der Waals surface area (Å²) in [5.41, 5.74) is 1.47. The molecule has 6 fully saturated rings. The number of piperazine rings is 4. The second-order valence-electron chi connectivity index (χ2n) is 49.6. The van der Waals surface area contributed by atoms with E-state index >= 15 is 0 Å². The SMILES string of the molecule is CC(C)(C)CCC(=O)N1CCN(CCOC(C)(C)C)CC1.CC(C)(C)CCCN1CCN(CCNC(C)(C)C)CC1.CC(C)(C)CCN1CCCN(CCC(C)(C)C)CC1.CC(C)(C)NCCN1CCCN(CCOC(C)(C)C)CC1.CC(C)(C)OCCN1CCN(C(=O)COC(C)(C)C)CC1.CC(COC(C)(C)C)N1CCN(CC(=O)NC(C)(C)C)CC1. The van der Waals surface area contributed by atoms with Gasteiger partial charge in [-0.2, -0.15) is 0 Å². The maximum absolute atomic E-state index is 12.2. The number of carbonyl (C=O) groups excluding carboxylic acids is 3. The van der Waals surface area contributed by atoms with E-state index in [1.807, 2.05) is 51.3 Å². The van der Waals surface area contributed by atoms with Crippen molar-refractivity contribution in [3.8, 4) is 0 Å². The van der Waals surface area contributed by atoms with Gasteiger partial charge in [0.15, 0.2) is 0 Å². The van der Waals surface area contributed by atoms with Crippen molar-refractivity contribution in [1.82, 2.24) is 74.7 Å². The third kappa shape index (κ3) is 72.4. The summed E-state index contributed by atoms with van der Waals surface area (Å²) in [6.07, 6.45) is 9.56. The third-order valence-electron chi connectivity index (χ3n) is 22.4. The maximum Gasteiger partial charge on any atom is 0.248 e. The number of carbonyl (C=O) groups is 3. The molecular weight excluding hydrogens is 1550 g/mol. The van der Waals surface area contributed by atoms with Crippen molar-refractivity contribution in [1.29, 1.82) is 0 Å². The van der Waals surface area contributed by atoms with E-state index in [4.69, 9.17) is 23.7 Å². The van der Waals surface area contributed by atoms with Gasteiger partial charge < -0.3 is 69.0 Å². The summed E-state index contributed by atoms with van der Waals surface area (Å²) in [6, 6.07) is 0.421. The number of nitrogens with one attached hydrogen (secondary N) is 3. The van der Waals surface area contributed by atoms with Gasteiger partial charge in [0.1, 0.15) is 6.61 Å². The van der Waals surface area contributed by atoms with E-state index in [0.29, 0.717) is 41.2 Å². The van der Waals surface area contributed by atoms with Gasteiger partial charge in [-0.05, 0) is 286 Å². The quantitative estimate of drug-likeness (QED) is 0.0598. The highest BCUT2D eigenvalue weighted by Crippen LogP contribution is 2.25. The highest BCUT2D eigenvalue weighted by molar-refractivity contribution is 5.79. The Balaban J connectivity index is 0.000000744. The summed E-state index contributed by atoms with van der Waals surface area (Å²) in [6.45, 7) is 121. The van der Waals surface area contributed by atoms with Crippen LogP contribution in [0.3, 0.4) is 0 Å². The van der Waals surface area contributed by atoms with E-state index in [0.717, 1.165) is 151 Å². The van der Waals surface area contributed by atoms with Crippen LogP contribution in [-0.2, 0) is 38.1 Å². The molecule has 23 heteroatoms. The lowest BCUT2D eigenvalue weighted by Gasteiger charge is -2.38. The van der Waals surface area contributed by atoms with Gasteiger partial charge in [-0.25, -0.2) is 0 Å². The fourth-order valence-corrected chi connectivity index (χ4v) is 14.6. The number of ether oxygens (including phenoxy) is 5. The molecule has 0 bridgehead atoms. The first-order valence-electron chi connectivity index (χ1n) is 49.4. The summed E-state index contributed by atoms with van der Waals surface area (Å²) in [5.74, 6) is 0.524. The molecule has 6 heterocycles. The lowest BCUT2D eigenvalue weighted by atomic mass is 9.90. The van der Waals surface area contributed by atoms with Gasteiger partial charge in [0, 0.05) is 206 Å². The number of amides is 3. The van der Waals surface area contributed by atoms with Crippen molar-refractivity contribution in [2.75, 3.05) is 262 Å². The Hall–Kier alpha value is -2.27. The van der Waals surface area contributed by atoms with E-state index in [1.165, 1.54) is 143 Å². The normalized spacial score (nSPS) is 19.3. The molecule has 0 saturated carbocycles. The molecule has 0 aromatic heterocycles. The number of rotatable bonds is 31. The Bertz CT molecular complexity index is 2590. The number of hydrogen-bond donors (Lipinski definition) is 3. The molecule has 0 aromatic rings. The molecular formula is C101H211N15O8. The van der Waals surface area contributed by atoms with Gasteiger partial charge in [0.25, 0.3) is 0 Å². The van der Waals surface area contributed by atoms with Crippen LogP contribution in [0, 0.1) is 21.7 Å². The Morgan fingerprint density at radius 3 is 0.903 bits per heavy atom. The van der Waals surface area contributed by atoms with Crippen LogP contribution in [0.1, 0.15) is 308 Å². The van der Waals surface area contributed by atoms with Crippen LogP contribution >= 0.6 is 0 Å². The zero-order valence-corrected chi connectivity index (χ0v) is 89.2. The van der Waals surface area contributed by atoms with Crippen LogP contribution in [0.15, 0.2) is 0 Å². The molecule has 6 rings (SSSR count). The minimum atomic E-state index is -0.262. The van der Waals surface area contributed by atoms with Crippen LogP contribution in [0.25, 0.3) is 0 Å². The molecule has 3 N–H and O–H groups in total. The minimum Gasteiger partial charge on any atom is -0.375 e. The topological polar surface area (TPSA) is 172 Å². The van der Waals surface area contributed by atoms with Gasteiger partial charge in [0.05, 0.1) is 61.0 Å². The second kappa shape index (κ2) is 57.3. The Morgan fingerprint density at radius 1 is 0.290 bits per heavy atom. The van der Waals surface area contributed by atoms with E-state index < -0.39 is 0 Å². The Labute approximate surface area is 768 Å². The molecule has 0 radical (unpaired) electrons. The molecule has 124 heavy (non-hydrogen) atoms. The predicted molar refractivity (Wildman–Crippen MR) is 529 cm³/mol. The molecule has 6 aliphatic heterocycles.